The quantitative estimate of drug-likeness (QED) is 0.580. The second-order valence-electron chi connectivity index (χ2n) is 5.29. The van der Waals surface area contributed by atoms with Gasteiger partial charge in [-0.15, -0.1) is 0 Å². The molecule has 3 amide bonds. The fraction of sp³-hybridized carbons (Fsp3) is 0.125. The zero-order valence-corrected chi connectivity index (χ0v) is 15.0. The van der Waals surface area contributed by atoms with Gasteiger partial charge in [0.05, 0.1) is 17.7 Å². The SMILES string of the molecule is O=C(NN[C@H]1CC(=O)N(c2cccc(Cl)c2)C1=O)c1cncc(Br)c1. The minimum atomic E-state index is -0.851. The molecule has 0 unspecified atom stereocenters. The molecule has 1 aliphatic heterocycles. The van der Waals surface area contributed by atoms with Crippen molar-refractivity contribution < 1.29 is 14.4 Å². The van der Waals surface area contributed by atoms with E-state index in [-0.39, 0.29) is 12.3 Å². The van der Waals surface area contributed by atoms with Crippen LogP contribution in [0.25, 0.3) is 0 Å². The van der Waals surface area contributed by atoms with E-state index in [1.54, 1.807) is 30.5 Å². The largest absolute Gasteiger partial charge is 0.287 e. The molecule has 0 aliphatic carbocycles. The van der Waals surface area contributed by atoms with E-state index in [4.69, 9.17) is 11.6 Å². The van der Waals surface area contributed by atoms with E-state index in [0.717, 1.165) is 4.90 Å². The van der Waals surface area contributed by atoms with Gasteiger partial charge in [-0.2, -0.15) is 0 Å². The van der Waals surface area contributed by atoms with Crippen LogP contribution < -0.4 is 15.8 Å². The van der Waals surface area contributed by atoms with Crippen LogP contribution in [0, 0.1) is 0 Å². The first kappa shape index (κ1) is 17.5. The van der Waals surface area contributed by atoms with E-state index in [1.807, 2.05) is 0 Å². The molecule has 2 N–H and O–H groups in total. The highest BCUT2D eigenvalue weighted by molar-refractivity contribution is 9.10. The van der Waals surface area contributed by atoms with Crippen molar-refractivity contribution in [1.82, 2.24) is 15.8 Å². The fourth-order valence-corrected chi connectivity index (χ4v) is 2.94. The molecular formula is C16H12BrClN4O3. The Balaban J connectivity index is 1.67. The van der Waals surface area contributed by atoms with Crippen molar-refractivity contribution in [3.8, 4) is 0 Å². The van der Waals surface area contributed by atoms with Crippen molar-refractivity contribution in [3.05, 3.63) is 57.8 Å². The third-order valence-electron chi connectivity index (χ3n) is 3.54. The second kappa shape index (κ2) is 7.30. The molecule has 3 rings (SSSR count). The van der Waals surface area contributed by atoms with Crippen LogP contribution in [0.2, 0.25) is 5.02 Å². The second-order valence-corrected chi connectivity index (χ2v) is 6.65. The standard InChI is InChI=1S/C16H12BrClN4O3/c17-10-4-9(7-19-8-10)15(24)21-20-13-6-14(23)22(16(13)25)12-3-1-2-11(18)5-12/h1-5,7-8,13,20H,6H2,(H,21,24)/t13-/m0/s1. The molecule has 0 bridgehead atoms. The summed E-state index contributed by atoms with van der Waals surface area (Å²) in [6, 6.07) is 7.19. The Morgan fingerprint density at radius 3 is 2.80 bits per heavy atom. The molecule has 0 radical (unpaired) electrons. The zero-order valence-electron chi connectivity index (χ0n) is 12.7. The third kappa shape index (κ3) is 3.87. The number of anilines is 1. The highest BCUT2D eigenvalue weighted by Crippen LogP contribution is 2.25. The molecule has 1 aliphatic rings. The first-order chi connectivity index (χ1) is 12.0. The summed E-state index contributed by atoms with van der Waals surface area (Å²) in [7, 11) is 0. The van der Waals surface area contributed by atoms with Gasteiger partial charge in [-0.1, -0.05) is 17.7 Å². The van der Waals surface area contributed by atoms with E-state index < -0.39 is 17.9 Å². The van der Waals surface area contributed by atoms with E-state index in [9.17, 15) is 14.4 Å². The summed E-state index contributed by atoms with van der Waals surface area (Å²) in [4.78, 5) is 41.6. The van der Waals surface area contributed by atoms with Gasteiger partial charge in [-0.3, -0.25) is 24.8 Å². The molecule has 1 fully saturated rings. The third-order valence-corrected chi connectivity index (χ3v) is 4.21. The van der Waals surface area contributed by atoms with Crippen LogP contribution in [-0.2, 0) is 9.59 Å². The lowest BCUT2D eigenvalue weighted by Crippen LogP contribution is -2.48. The number of carbonyl (C=O) groups is 3. The maximum atomic E-state index is 12.5. The number of rotatable bonds is 4. The number of pyridine rings is 1. The van der Waals surface area contributed by atoms with Crippen LogP contribution >= 0.6 is 27.5 Å². The minimum Gasteiger partial charge on any atom is -0.287 e. The van der Waals surface area contributed by atoms with E-state index in [0.29, 0.717) is 20.7 Å². The van der Waals surface area contributed by atoms with Gasteiger partial charge in [-0.25, -0.2) is 10.3 Å². The maximum absolute atomic E-state index is 12.5. The Kier molecular flexibility index (Phi) is 5.12. The number of hydrogen-bond donors (Lipinski definition) is 2. The predicted molar refractivity (Wildman–Crippen MR) is 94.9 cm³/mol. The van der Waals surface area contributed by atoms with Crippen LogP contribution in [0.1, 0.15) is 16.8 Å². The summed E-state index contributed by atoms with van der Waals surface area (Å²) in [5, 5.41) is 0.421. The molecule has 2 aromatic rings. The Morgan fingerprint density at radius 2 is 2.08 bits per heavy atom. The first-order valence-corrected chi connectivity index (χ1v) is 8.41. The molecule has 2 heterocycles. The van der Waals surface area contributed by atoms with E-state index in [1.165, 1.54) is 12.3 Å². The average molecular weight is 424 g/mol. The number of nitrogens with zero attached hydrogens (tertiary/aromatic N) is 2. The number of hydrazine groups is 1. The van der Waals surface area contributed by atoms with Crippen molar-refractivity contribution in [3.63, 3.8) is 0 Å². The predicted octanol–water partition coefficient (Wildman–Crippen LogP) is 2.06. The van der Waals surface area contributed by atoms with Crippen molar-refractivity contribution in [2.45, 2.75) is 12.5 Å². The molecule has 1 aromatic heterocycles. The maximum Gasteiger partial charge on any atom is 0.266 e. The number of aromatic nitrogens is 1. The Labute approximate surface area is 156 Å². The van der Waals surface area contributed by atoms with Crippen molar-refractivity contribution in [2.24, 2.45) is 0 Å². The van der Waals surface area contributed by atoms with Crippen LogP contribution in [0.15, 0.2) is 47.2 Å². The number of hydrogen-bond acceptors (Lipinski definition) is 5. The number of benzene rings is 1. The Hall–Kier alpha value is -2.29. The fourth-order valence-electron chi connectivity index (χ4n) is 2.39. The van der Waals surface area contributed by atoms with Gasteiger partial charge in [-0.05, 0) is 40.2 Å². The van der Waals surface area contributed by atoms with Crippen molar-refractivity contribution in [2.75, 3.05) is 4.90 Å². The highest BCUT2D eigenvalue weighted by atomic mass is 79.9. The summed E-state index contributed by atoms with van der Waals surface area (Å²) in [6.07, 6.45) is 2.87. The number of amides is 3. The van der Waals surface area contributed by atoms with Crippen LogP contribution in [-0.4, -0.2) is 28.7 Å². The topological polar surface area (TPSA) is 91.4 Å². The van der Waals surface area contributed by atoms with Gasteiger partial charge in [0.1, 0.15) is 6.04 Å². The minimum absolute atomic E-state index is 0.0671. The molecule has 128 valence electrons. The van der Waals surface area contributed by atoms with Crippen LogP contribution in [0.3, 0.4) is 0 Å². The smallest absolute Gasteiger partial charge is 0.266 e. The van der Waals surface area contributed by atoms with E-state index >= 15 is 0 Å². The summed E-state index contributed by atoms with van der Waals surface area (Å²) in [5.41, 5.74) is 5.74. The number of imide groups is 1. The summed E-state index contributed by atoms with van der Waals surface area (Å²) in [5.74, 6) is -1.29. The lowest BCUT2D eigenvalue weighted by molar-refractivity contribution is -0.121. The Bertz CT molecular complexity index is 861. The lowest BCUT2D eigenvalue weighted by atomic mass is 10.2. The molecule has 1 atom stereocenters. The summed E-state index contributed by atoms with van der Waals surface area (Å²) < 4.78 is 0.652. The number of halogens is 2. The van der Waals surface area contributed by atoms with Crippen molar-refractivity contribution >= 4 is 50.9 Å². The molecule has 25 heavy (non-hydrogen) atoms. The zero-order chi connectivity index (χ0) is 18.0. The number of carbonyl (C=O) groups excluding carboxylic acids is 3. The van der Waals surface area contributed by atoms with Gasteiger partial charge in [0.25, 0.3) is 11.8 Å². The van der Waals surface area contributed by atoms with Gasteiger partial charge < -0.3 is 0 Å². The number of nitrogens with one attached hydrogen (secondary N) is 2. The molecular weight excluding hydrogens is 412 g/mol. The lowest BCUT2D eigenvalue weighted by Gasteiger charge is -2.16. The molecule has 1 aromatic carbocycles. The normalized spacial score (nSPS) is 17.0. The highest BCUT2D eigenvalue weighted by Gasteiger charge is 2.39. The van der Waals surface area contributed by atoms with Gasteiger partial charge in [0.2, 0.25) is 5.91 Å². The molecule has 0 spiro atoms. The van der Waals surface area contributed by atoms with Crippen molar-refractivity contribution in [1.29, 1.82) is 0 Å². The molecule has 9 heteroatoms. The molecule has 0 saturated carbocycles. The summed E-state index contributed by atoms with van der Waals surface area (Å²) >= 11 is 9.13. The molecule has 7 nitrogen and oxygen atoms in total. The molecule has 1 saturated heterocycles. The van der Waals surface area contributed by atoms with Crippen LogP contribution in [0.5, 0.6) is 0 Å². The monoisotopic (exact) mass is 422 g/mol. The first-order valence-electron chi connectivity index (χ1n) is 7.24. The van der Waals surface area contributed by atoms with Crippen LogP contribution in [0.4, 0.5) is 5.69 Å². The van der Waals surface area contributed by atoms with Gasteiger partial charge in [0, 0.05) is 21.9 Å². The van der Waals surface area contributed by atoms with E-state index in [2.05, 4.69) is 31.8 Å². The Morgan fingerprint density at radius 1 is 1.28 bits per heavy atom. The van der Waals surface area contributed by atoms with Gasteiger partial charge in [0.15, 0.2) is 0 Å². The average Bonchev–Trinajstić information content (AvgIpc) is 2.86. The van der Waals surface area contributed by atoms with Gasteiger partial charge >= 0.3 is 0 Å². The summed E-state index contributed by atoms with van der Waals surface area (Å²) in [6.45, 7) is 0.